The molecule has 6 nitrogen and oxygen atoms in total. The minimum Gasteiger partial charge on any atom is -0.497 e. The number of ether oxygens (including phenoxy) is 1. The molecule has 0 N–H and O–H groups in total. The van der Waals surface area contributed by atoms with Gasteiger partial charge in [0.05, 0.1) is 7.11 Å². The van der Waals surface area contributed by atoms with Crippen LogP contribution in [0.2, 0.25) is 0 Å². The molecule has 0 unspecified atom stereocenters. The molecule has 2 aromatic rings. The van der Waals surface area contributed by atoms with Crippen LogP contribution in [0, 0.1) is 11.8 Å². The van der Waals surface area contributed by atoms with Gasteiger partial charge in [-0.1, -0.05) is 5.16 Å². The van der Waals surface area contributed by atoms with E-state index in [1.165, 1.54) is 25.7 Å². The van der Waals surface area contributed by atoms with Crippen molar-refractivity contribution in [2.24, 2.45) is 11.8 Å². The Bertz CT molecular complexity index is 766. The maximum absolute atomic E-state index is 12.6. The molecule has 1 aromatic heterocycles. The molecule has 1 aromatic carbocycles. The number of nitrogens with zero attached hydrogens (tertiary/aromatic N) is 3. The van der Waals surface area contributed by atoms with E-state index in [0.29, 0.717) is 30.6 Å². The van der Waals surface area contributed by atoms with E-state index in [2.05, 4.69) is 10.1 Å². The number of rotatable bonds is 9. The predicted molar refractivity (Wildman–Crippen MR) is 101 cm³/mol. The predicted octanol–water partition coefficient (Wildman–Crippen LogP) is 3.71. The topological polar surface area (TPSA) is 68.5 Å². The van der Waals surface area contributed by atoms with E-state index in [0.717, 1.165) is 29.6 Å². The molecule has 0 bridgehead atoms. The molecular formula is C21H27N3O3. The Labute approximate surface area is 159 Å². The molecule has 0 aliphatic heterocycles. The van der Waals surface area contributed by atoms with Gasteiger partial charge in [0, 0.05) is 31.5 Å². The van der Waals surface area contributed by atoms with E-state index in [1.807, 2.05) is 36.2 Å². The lowest BCUT2D eigenvalue weighted by atomic mass is 10.1. The van der Waals surface area contributed by atoms with Crippen LogP contribution in [0.1, 0.15) is 44.4 Å². The third-order valence-electron chi connectivity index (χ3n) is 5.65. The fraction of sp³-hybridized carbons (Fsp3) is 0.571. The van der Waals surface area contributed by atoms with Crippen molar-refractivity contribution in [3.8, 4) is 17.1 Å². The summed E-state index contributed by atoms with van der Waals surface area (Å²) in [7, 11) is 3.62. The molecule has 1 heterocycles. The van der Waals surface area contributed by atoms with Gasteiger partial charge in [0.1, 0.15) is 5.75 Å². The number of carbonyl (C=O) groups is 1. The number of aromatic nitrogens is 2. The first-order chi connectivity index (χ1) is 13.2. The Hall–Kier alpha value is -2.37. The molecule has 2 aliphatic carbocycles. The van der Waals surface area contributed by atoms with Gasteiger partial charge in [0.15, 0.2) is 0 Å². The van der Waals surface area contributed by atoms with Gasteiger partial charge in [0.2, 0.25) is 17.6 Å². The molecule has 0 atom stereocenters. The summed E-state index contributed by atoms with van der Waals surface area (Å²) in [4.78, 5) is 19.0. The van der Waals surface area contributed by atoms with Gasteiger partial charge >= 0.3 is 0 Å². The second kappa shape index (κ2) is 7.71. The van der Waals surface area contributed by atoms with Crippen LogP contribution < -0.4 is 4.74 Å². The van der Waals surface area contributed by atoms with E-state index < -0.39 is 0 Å². The summed E-state index contributed by atoms with van der Waals surface area (Å²) >= 11 is 0. The van der Waals surface area contributed by atoms with E-state index in [4.69, 9.17) is 9.26 Å². The molecule has 6 heteroatoms. The monoisotopic (exact) mass is 369 g/mol. The van der Waals surface area contributed by atoms with Crippen LogP contribution in [-0.2, 0) is 11.2 Å². The number of amides is 1. The Morgan fingerprint density at radius 1 is 1.22 bits per heavy atom. The molecule has 2 saturated carbocycles. The van der Waals surface area contributed by atoms with E-state index in [1.54, 1.807) is 7.11 Å². The lowest BCUT2D eigenvalue weighted by Crippen LogP contribution is -2.40. The van der Waals surface area contributed by atoms with Crippen molar-refractivity contribution >= 4 is 5.91 Å². The normalized spacial score (nSPS) is 16.6. The Morgan fingerprint density at radius 3 is 2.48 bits per heavy atom. The molecule has 144 valence electrons. The zero-order valence-corrected chi connectivity index (χ0v) is 16.1. The number of methoxy groups -OCH3 is 1. The SMILES string of the molecule is COc1ccc(-c2noc(CCCC(=O)N(C)C(C3CC3)C3CC3)n2)cc1. The van der Waals surface area contributed by atoms with E-state index in [9.17, 15) is 4.79 Å². The number of benzene rings is 1. The first kappa shape index (κ1) is 18.0. The Morgan fingerprint density at radius 2 is 1.89 bits per heavy atom. The summed E-state index contributed by atoms with van der Waals surface area (Å²) < 4.78 is 10.5. The van der Waals surface area contributed by atoms with E-state index >= 15 is 0 Å². The van der Waals surface area contributed by atoms with Gasteiger partial charge in [-0.2, -0.15) is 4.98 Å². The third-order valence-corrected chi connectivity index (χ3v) is 5.65. The van der Waals surface area contributed by atoms with Gasteiger partial charge in [-0.3, -0.25) is 4.79 Å². The summed E-state index contributed by atoms with van der Waals surface area (Å²) in [6.45, 7) is 0. The van der Waals surface area contributed by atoms with Crippen LogP contribution in [0.4, 0.5) is 0 Å². The van der Waals surface area contributed by atoms with Crippen molar-refractivity contribution in [2.45, 2.75) is 51.0 Å². The highest BCUT2D eigenvalue weighted by Gasteiger charge is 2.44. The van der Waals surface area contributed by atoms with E-state index in [-0.39, 0.29) is 5.91 Å². The number of aryl methyl sites for hydroxylation is 1. The molecule has 2 aliphatic rings. The summed E-state index contributed by atoms with van der Waals surface area (Å²) in [6.07, 6.45) is 7.04. The second-order valence-electron chi connectivity index (χ2n) is 7.76. The molecule has 0 radical (unpaired) electrons. The second-order valence-corrected chi connectivity index (χ2v) is 7.76. The average Bonchev–Trinajstić information content (AvgIpc) is 3.63. The molecular weight excluding hydrogens is 342 g/mol. The summed E-state index contributed by atoms with van der Waals surface area (Å²) in [6, 6.07) is 8.03. The molecule has 0 spiro atoms. The lowest BCUT2D eigenvalue weighted by molar-refractivity contribution is -0.133. The summed E-state index contributed by atoms with van der Waals surface area (Å²) in [5.41, 5.74) is 0.887. The molecule has 27 heavy (non-hydrogen) atoms. The Balaban J connectivity index is 1.27. The average molecular weight is 369 g/mol. The lowest BCUT2D eigenvalue weighted by Gasteiger charge is -2.28. The number of carbonyl (C=O) groups excluding carboxylic acids is 1. The van der Waals surface area contributed by atoms with Crippen molar-refractivity contribution in [2.75, 3.05) is 14.2 Å². The zero-order valence-electron chi connectivity index (χ0n) is 16.1. The maximum Gasteiger partial charge on any atom is 0.226 e. The minimum absolute atomic E-state index is 0.244. The first-order valence-corrected chi connectivity index (χ1v) is 9.88. The summed E-state index contributed by atoms with van der Waals surface area (Å²) in [5, 5.41) is 4.04. The summed E-state index contributed by atoms with van der Waals surface area (Å²) in [5.74, 6) is 3.68. The maximum atomic E-state index is 12.6. The molecule has 1 amide bonds. The van der Waals surface area contributed by atoms with Gasteiger partial charge in [-0.25, -0.2) is 0 Å². The first-order valence-electron chi connectivity index (χ1n) is 9.88. The van der Waals surface area contributed by atoms with Crippen LogP contribution in [-0.4, -0.2) is 41.1 Å². The van der Waals surface area contributed by atoms with Gasteiger partial charge in [-0.05, 0) is 68.2 Å². The van der Waals surface area contributed by atoms with Gasteiger partial charge in [0.25, 0.3) is 0 Å². The zero-order chi connectivity index (χ0) is 18.8. The third kappa shape index (κ3) is 4.31. The van der Waals surface area contributed by atoms with Gasteiger partial charge in [-0.15, -0.1) is 0 Å². The highest BCUT2D eigenvalue weighted by atomic mass is 16.5. The molecule has 4 rings (SSSR count). The van der Waals surface area contributed by atoms with Crippen molar-refractivity contribution in [1.82, 2.24) is 15.0 Å². The fourth-order valence-electron chi connectivity index (χ4n) is 3.84. The highest BCUT2D eigenvalue weighted by molar-refractivity contribution is 5.76. The number of hydrogen-bond donors (Lipinski definition) is 0. The Kier molecular flexibility index (Phi) is 5.14. The van der Waals surface area contributed by atoms with Crippen LogP contribution in [0.15, 0.2) is 28.8 Å². The molecule has 0 saturated heterocycles. The van der Waals surface area contributed by atoms with Crippen LogP contribution in [0.5, 0.6) is 5.75 Å². The number of hydrogen-bond acceptors (Lipinski definition) is 5. The van der Waals surface area contributed by atoms with Crippen molar-refractivity contribution in [1.29, 1.82) is 0 Å². The highest BCUT2D eigenvalue weighted by Crippen LogP contribution is 2.46. The van der Waals surface area contributed by atoms with Crippen LogP contribution in [0.3, 0.4) is 0 Å². The van der Waals surface area contributed by atoms with Crippen molar-refractivity contribution < 1.29 is 14.1 Å². The van der Waals surface area contributed by atoms with Crippen LogP contribution in [0.25, 0.3) is 11.4 Å². The molecule has 2 fully saturated rings. The van der Waals surface area contributed by atoms with Gasteiger partial charge < -0.3 is 14.2 Å². The van der Waals surface area contributed by atoms with Crippen molar-refractivity contribution in [3.63, 3.8) is 0 Å². The smallest absolute Gasteiger partial charge is 0.226 e. The largest absolute Gasteiger partial charge is 0.497 e. The quantitative estimate of drug-likeness (QED) is 0.674. The van der Waals surface area contributed by atoms with Crippen molar-refractivity contribution in [3.05, 3.63) is 30.2 Å². The van der Waals surface area contributed by atoms with Crippen LogP contribution >= 0.6 is 0 Å². The standard InChI is InChI=1S/C21H27N3O3/c1-24(20(14-6-7-14)15-8-9-15)19(25)5-3-4-18-22-21(23-27-18)16-10-12-17(26-2)13-11-16/h10-15,20H,3-9H2,1-2H3. The minimum atomic E-state index is 0.244. The fourth-order valence-corrected chi connectivity index (χ4v) is 3.84.